The lowest BCUT2D eigenvalue weighted by atomic mass is 10.2. The maximum atomic E-state index is 11.6. The predicted molar refractivity (Wildman–Crippen MR) is 73.8 cm³/mol. The first-order valence-electron chi connectivity index (χ1n) is 6.82. The lowest BCUT2D eigenvalue weighted by Crippen LogP contribution is -2.41. The van der Waals surface area contributed by atoms with Crippen LogP contribution in [0.1, 0.15) is 31.9 Å². The lowest BCUT2D eigenvalue weighted by molar-refractivity contribution is -0.120. The van der Waals surface area contributed by atoms with Gasteiger partial charge in [0.25, 0.3) is 0 Å². The second-order valence-electron chi connectivity index (χ2n) is 4.46. The quantitative estimate of drug-likeness (QED) is 0.571. The standard InChI is InChI=1S/C12H22N6O2/c1-2-7-14-12(20)15-11(19)9-18-8-10(16-17-18)5-3-4-6-13/h8H,2-7,9,13H2,1H3,(H2,14,15,19,20). The van der Waals surface area contributed by atoms with E-state index in [-0.39, 0.29) is 6.54 Å². The van der Waals surface area contributed by atoms with E-state index < -0.39 is 11.9 Å². The predicted octanol–water partition coefficient (Wildman–Crippen LogP) is -0.205. The number of hydrogen-bond acceptors (Lipinski definition) is 5. The SMILES string of the molecule is CCCNC(=O)NC(=O)Cn1cc(CCCCN)nn1. The van der Waals surface area contributed by atoms with Gasteiger partial charge in [-0.25, -0.2) is 9.48 Å². The molecule has 3 amide bonds. The van der Waals surface area contributed by atoms with E-state index in [0.29, 0.717) is 13.1 Å². The highest BCUT2D eigenvalue weighted by Gasteiger charge is 2.09. The molecular formula is C12H22N6O2. The minimum atomic E-state index is -0.486. The Morgan fingerprint density at radius 2 is 2.20 bits per heavy atom. The van der Waals surface area contributed by atoms with Crippen molar-refractivity contribution < 1.29 is 9.59 Å². The summed E-state index contributed by atoms with van der Waals surface area (Å²) in [4.78, 5) is 22.9. The van der Waals surface area contributed by atoms with Crippen LogP contribution >= 0.6 is 0 Å². The first kappa shape index (κ1) is 16.1. The van der Waals surface area contributed by atoms with Gasteiger partial charge in [-0.2, -0.15) is 0 Å². The molecule has 4 N–H and O–H groups in total. The van der Waals surface area contributed by atoms with Crippen LogP contribution in [0, 0.1) is 0 Å². The van der Waals surface area contributed by atoms with Crippen LogP contribution in [0.3, 0.4) is 0 Å². The summed E-state index contributed by atoms with van der Waals surface area (Å²) < 4.78 is 1.42. The Bertz CT molecular complexity index is 431. The Morgan fingerprint density at radius 3 is 2.90 bits per heavy atom. The Kier molecular flexibility index (Phi) is 7.26. The summed E-state index contributed by atoms with van der Waals surface area (Å²) in [5.74, 6) is -0.419. The number of imide groups is 1. The number of aryl methyl sites for hydroxylation is 1. The molecule has 0 bridgehead atoms. The van der Waals surface area contributed by atoms with Crippen molar-refractivity contribution in [2.45, 2.75) is 39.2 Å². The third-order valence-corrected chi connectivity index (χ3v) is 2.57. The molecule has 0 fully saturated rings. The van der Waals surface area contributed by atoms with Crippen molar-refractivity contribution in [3.05, 3.63) is 11.9 Å². The van der Waals surface area contributed by atoms with Crippen LogP contribution in [0.2, 0.25) is 0 Å². The number of amides is 3. The number of carbonyl (C=O) groups excluding carboxylic acids is 2. The summed E-state index contributed by atoms with van der Waals surface area (Å²) in [7, 11) is 0. The van der Waals surface area contributed by atoms with Gasteiger partial charge in [-0.15, -0.1) is 5.10 Å². The van der Waals surface area contributed by atoms with Crippen LogP contribution in [0.15, 0.2) is 6.20 Å². The third kappa shape index (κ3) is 6.28. The van der Waals surface area contributed by atoms with Crippen molar-refractivity contribution in [2.24, 2.45) is 5.73 Å². The van der Waals surface area contributed by atoms with Gasteiger partial charge in [-0.1, -0.05) is 12.1 Å². The van der Waals surface area contributed by atoms with Gasteiger partial charge in [-0.05, 0) is 32.2 Å². The second kappa shape index (κ2) is 9.03. The largest absolute Gasteiger partial charge is 0.338 e. The summed E-state index contributed by atoms with van der Waals surface area (Å²) in [5.41, 5.74) is 6.23. The first-order valence-corrected chi connectivity index (χ1v) is 6.82. The molecule has 0 aliphatic heterocycles. The van der Waals surface area contributed by atoms with E-state index in [4.69, 9.17) is 5.73 Å². The summed E-state index contributed by atoms with van der Waals surface area (Å²) in [6.45, 7) is 3.10. The van der Waals surface area contributed by atoms with E-state index in [2.05, 4.69) is 20.9 Å². The number of urea groups is 1. The Morgan fingerprint density at radius 1 is 1.40 bits per heavy atom. The summed E-state index contributed by atoms with van der Waals surface area (Å²) in [6, 6.07) is -0.486. The Labute approximate surface area is 118 Å². The molecule has 0 unspecified atom stereocenters. The van der Waals surface area contributed by atoms with Crippen molar-refractivity contribution in [1.82, 2.24) is 25.6 Å². The van der Waals surface area contributed by atoms with Crippen LogP contribution in [-0.2, 0) is 17.8 Å². The molecule has 1 aromatic heterocycles. The summed E-state index contributed by atoms with van der Waals surface area (Å²) in [5, 5.41) is 12.6. The molecule has 8 nitrogen and oxygen atoms in total. The van der Waals surface area contributed by atoms with Crippen molar-refractivity contribution in [1.29, 1.82) is 0 Å². The Balaban J connectivity index is 2.33. The molecule has 1 rings (SSSR count). The smallest absolute Gasteiger partial charge is 0.321 e. The number of unbranched alkanes of at least 4 members (excludes halogenated alkanes) is 1. The van der Waals surface area contributed by atoms with Gasteiger partial charge in [0.05, 0.1) is 5.69 Å². The zero-order valence-corrected chi connectivity index (χ0v) is 11.8. The van der Waals surface area contributed by atoms with Crippen LogP contribution in [-0.4, -0.2) is 40.0 Å². The molecule has 1 heterocycles. The van der Waals surface area contributed by atoms with Crippen LogP contribution < -0.4 is 16.4 Å². The summed E-state index contributed by atoms with van der Waals surface area (Å²) in [6.07, 6.45) is 5.19. The topological polar surface area (TPSA) is 115 Å². The maximum Gasteiger partial charge on any atom is 0.321 e. The number of hydrogen-bond donors (Lipinski definition) is 3. The van der Waals surface area contributed by atoms with E-state index in [1.807, 2.05) is 6.92 Å². The van der Waals surface area contributed by atoms with Crippen molar-refractivity contribution in [3.63, 3.8) is 0 Å². The molecule has 0 saturated carbocycles. The second-order valence-corrected chi connectivity index (χ2v) is 4.46. The Hall–Kier alpha value is -1.96. The molecule has 0 saturated heterocycles. The highest BCUT2D eigenvalue weighted by Crippen LogP contribution is 2.00. The van der Waals surface area contributed by atoms with Gasteiger partial charge in [0.2, 0.25) is 5.91 Å². The molecule has 0 spiro atoms. The van der Waals surface area contributed by atoms with Crippen molar-refractivity contribution >= 4 is 11.9 Å². The minimum Gasteiger partial charge on any atom is -0.338 e. The van der Waals surface area contributed by atoms with Crippen LogP contribution in [0.25, 0.3) is 0 Å². The monoisotopic (exact) mass is 282 g/mol. The zero-order chi connectivity index (χ0) is 14.8. The molecule has 112 valence electrons. The van der Waals surface area contributed by atoms with E-state index >= 15 is 0 Å². The normalized spacial score (nSPS) is 10.3. The average molecular weight is 282 g/mol. The van der Waals surface area contributed by atoms with E-state index in [1.165, 1.54) is 4.68 Å². The number of nitrogens with two attached hydrogens (primary N) is 1. The van der Waals surface area contributed by atoms with Gasteiger partial charge >= 0.3 is 6.03 Å². The van der Waals surface area contributed by atoms with E-state index in [1.54, 1.807) is 6.20 Å². The highest BCUT2D eigenvalue weighted by atomic mass is 16.2. The lowest BCUT2D eigenvalue weighted by Gasteiger charge is -2.04. The number of rotatable bonds is 8. The van der Waals surface area contributed by atoms with Crippen LogP contribution in [0.5, 0.6) is 0 Å². The zero-order valence-electron chi connectivity index (χ0n) is 11.8. The fourth-order valence-corrected chi connectivity index (χ4v) is 1.58. The molecule has 20 heavy (non-hydrogen) atoms. The van der Waals surface area contributed by atoms with Crippen LogP contribution in [0.4, 0.5) is 4.79 Å². The number of aromatic nitrogens is 3. The molecular weight excluding hydrogens is 260 g/mol. The molecule has 0 aliphatic rings. The first-order chi connectivity index (χ1) is 9.65. The molecule has 0 aliphatic carbocycles. The third-order valence-electron chi connectivity index (χ3n) is 2.57. The van der Waals surface area contributed by atoms with Gasteiger partial charge in [0.15, 0.2) is 0 Å². The molecule has 0 aromatic carbocycles. The highest BCUT2D eigenvalue weighted by molar-refractivity contribution is 5.94. The molecule has 0 radical (unpaired) electrons. The number of carbonyl (C=O) groups is 2. The van der Waals surface area contributed by atoms with Gasteiger partial charge in [-0.3, -0.25) is 10.1 Å². The van der Waals surface area contributed by atoms with Gasteiger partial charge in [0, 0.05) is 12.7 Å². The molecule has 8 heteroatoms. The molecule has 0 atom stereocenters. The fraction of sp³-hybridized carbons (Fsp3) is 0.667. The average Bonchev–Trinajstić information content (AvgIpc) is 2.84. The summed E-state index contributed by atoms with van der Waals surface area (Å²) >= 11 is 0. The van der Waals surface area contributed by atoms with Gasteiger partial charge < -0.3 is 11.1 Å². The minimum absolute atomic E-state index is 0.0244. The van der Waals surface area contributed by atoms with E-state index in [0.717, 1.165) is 31.4 Å². The van der Waals surface area contributed by atoms with Crippen molar-refractivity contribution in [3.8, 4) is 0 Å². The van der Waals surface area contributed by atoms with E-state index in [9.17, 15) is 9.59 Å². The number of nitrogens with zero attached hydrogens (tertiary/aromatic N) is 3. The number of nitrogens with one attached hydrogen (secondary N) is 2. The molecule has 1 aromatic rings. The van der Waals surface area contributed by atoms with Gasteiger partial charge in [0.1, 0.15) is 6.54 Å². The fourth-order valence-electron chi connectivity index (χ4n) is 1.58. The van der Waals surface area contributed by atoms with Crippen molar-refractivity contribution in [2.75, 3.05) is 13.1 Å². The maximum absolute atomic E-state index is 11.6.